The molecule has 1 aliphatic heterocycles. The normalized spacial score (nSPS) is 30.3. The van der Waals surface area contributed by atoms with Crippen LogP contribution in [0.2, 0.25) is 0 Å². The van der Waals surface area contributed by atoms with Crippen molar-refractivity contribution in [2.24, 2.45) is 5.92 Å². The molecule has 2 unspecified atom stereocenters. The first-order chi connectivity index (χ1) is 6.71. The van der Waals surface area contributed by atoms with Crippen molar-refractivity contribution in [3.8, 4) is 0 Å². The molecule has 14 heavy (non-hydrogen) atoms. The molecular formula is C13H16O. The summed E-state index contributed by atoms with van der Waals surface area (Å²) in [6.45, 7) is 4.37. The molecule has 2 rings (SSSR count). The highest BCUT2D eigenvalue weighted by atomic mass is 16.5. The number of ether oxygens (including phenoxy) is 1. The highest BCUT2D eigenvalue weighted by Crippen LogP contribution is 2.32. The van der Waals surface area contributed by atoms with E-state index in [9.17, 15) is 0 Å². The highest BCUT2D eigenvalue weighted by Gasteiger charge is 2.34. The van der Waals surface area contributed by atoms with Crippen LogP contribution in [-0.2, 0) is 11.2 Å². The maximum absolute atomic E-state index is 5.68. The van der Waals surface area contributed by atoms with Crippen molar-refractivity contribution in [3.63, 3.8) is 0 Å². The standard InChI is InChI=1S/C13H16O/c1-11-8-9-14-13(11,2)10-12-6-4-3-5-7-12/h3-9,11H,10H2,1-2H3. The van der Waals surface area contributed by atoms with Gasteiger partial charge >= 0.3 is 0 Å². The van der Waals surface area contributed by atoms with E-state index in [2.05, 4.69) is 44.2 Å². The van der Waals surface area contributed by atoms with E-state index in [1.54, 1.807) is 0 Å². The number of benzene rings is 1. The third-order valence-electron chi connectivity index (χ3n) is 3.07. The van der Waals surface area contributed by atoms with Crippen molar-refractivity contribution in [3.05, 3.63) is 48.2 Å². The fourth-order valence-electron chi connectivity index (χ4n) is 1.83. The molecule has 0 spiro atoms. The van der Waals surface area contributed by atoms with Gasteiger partial charge < -0.3 is 4.74 Å². The summed E-state index contributed by atoms with van der Waals surface area (Å²) >= 11 is 0. The van der Waals surface area contributed by atoms with Crippen molar-refractivity contribution in [2.75, 3.05) is 0 Å². The van der Waals surface area contributed by atoms with E-state index >= 15 is 0 Å². The van der Waals surface area contributed by atoms with Crippen LogP contribution >= 0.6 is 0 Å². The van der Waals surface area contributed by atoms with Gasteiger partial charge in [0, 0.05) is 12.3 Å². The lowest BCUT2D eigenvalue weighted by Gasteiger charge is -2.28. The molecule has 1 aromatic carbocycles. The second-order valence-corrected chi connectivity index (χ2v) is 4.21. The lowest BCUT2D eigenvalue weighted by atomic mass is 9.86. The van der Waals surface area contributed by atoms with Crippen molar-refractivity contribution in [1.82, 2.24) is 0 Å². The summed E-state index contributed by atoms with van der Waals surface area (Å²) in [4.78, 5) is 0. The van der Waals surface area contributed by atoms with E-state index in [0.29, 0.717) is 5.92 Å². The van der Waals surface area contributed by atoms with Crippen LogP contribution in [0.3, 0.4) is 0 Å². The largest absolute Gasteiger partial charge is 0.495 e. The molecule has 0 fully saturated rings. The van der Waals surface area contributed by atoms with Gasteiger partial charge in [0.2, 0.25) is 0 Å². The van der Waals surface area contributed by atoms with Crippen LogP contribution in [-0.4, -0.2) is 5.60 Å². The first kappa shape index (κ1) is 9.32. The molecule has 2 atom stereocenters. The Morgan fingerprint density at radius 3 is 2.57 bits per heavy atom. The van der Waals surface area contributed by atoms with Crippen LogP contribution in [0.1, 0.15) is 19.4 Å². The van der Waals surface area contributed by atoms with E-state index in [0.717, 1.165) is 6.42 Å². The monoisotopic (exact) mass is 188 g/mol. The van der Waals surface area contributed by atoms with Crippen LogP contribution in [0.25, 0.3) is 0 Å². The quantitative estimate of drug-likeness (QED) is 0.692. The Hall–Kier alpha value is -1.24. The summed E-state index contributed by atoms with van der Waals surface area (Å²) in [5, 5.41) is 0. The lowest BCUT2D eigenvalue weighted by Crippen LogP contribution is -2.32. The topological polar surface area (TPSA) is 9.23 Å². The van der Waals surface area contributed by atoms with Crippen LogP contribution in [0.15, 0.2) is 42.7 Å². The fourth-order valence-corrected chi connectivity index (χ4v) is 1.83. The molecule has 0 aliphatic carbocycles. The summed E-state index contributed by atoms with van der Waals surface area (Å²) in [5.74, 6) is 0.489. The van der Waals surface area contributed by atoms with E-state index in [1.165, 1.54) is 5.56 Å². The average Bonchev–Trinajstić information content (AvgIpc) is 2.48. The second kappa shape index (κ2) is 3.49. The molecule has 1 aliphatic rings. The van der Waals surface area contributed by atoms with E-state index in [-0.39, 0.29) is 5.60 Å². The molecule has 0 saturated heterocycles. The molecule has 0 aromatic heterocycles. The minimum Gasteiger partial charge on any atom is -0.495 e. The molecule has 1 heterocycles. The molecule has 0 bridgehead atoms. The van der Waals surface area contributed by atoms with Crippen molar-refractivity contribution >= 4 is 0 Å². The third kappa shape index (κ3) is 1.67. The Morgan fingerprint density at radius 1 is 1.29 bits per heavy atom. The third-order valence-corrected chi connectivity index (χ3v) is 3.07. The molecule has 1 heteroatoms. The van der Waals surface area contributed by atoms with Gasteiger partial charge in [0.05, 0.1) is 6.26 Å². The number of hydrogen-bond donors (Lipinski definition) is 0. The van der Waals surface area contributed by atoms with Gasteiger partial charge in [-0.2, -0.15) is 0 Å². The smallest absolute Gasteiger partial charge is 0.115 e. The molecular weight excluding hydrogens is 172 g/mol. The van der Waals surface area contributed by atoms with Crippen molar-refractivity contribution in [1.29, 1.82) is 0 Å². The highest BCUT2D eigenvalue weighted by molar-refractivity contribution is 5.19. The summed E-state index contributed by atoms with van der Waals surface area (Å²) < 4.78 is 5.68. The first-order valence-corrected chi connectivity index (χ1v) is 5.09. The summed E-state index contributed by atoms with van der Waals surface area (Å²) in [6.07, 6.45) is 4.93. The van der Waals surface area contributed by atoms with Gasteiger partial charge in [-0.25, -0.2) is 0 Å². The van der Waals surface area contributed by atoms with Gasteiger partial charge in [-0.1, -0.05) is 37.3 Å². The SMILES string of the molecule is CC1C=COC1(C)Cc1ccccc1. The Morgan fingerprint density at radius 2 is 2.00 bits per heavy atom. The van der Waals surface area contributed by atoms with Crippen LogP contribution in [0.4, 0.5) is 0 Å². The predicted molar refractivity (Wildman–Crippen MR) is 57.9 cm³/mol. The maximum atomic E-state index is 5.68. The fraction of sp³-hybridized carbons (Fsp3) is 0.385. The summed E-state index contributed by atoms with van der Waals surface area (Å²) in [7, 11) is 0. The number of hydrogen-bond acceptors (Lipinski definition) is 1. The minimum absolute atomic E-state index is 0.0542. The maximum Gasteiger partial charge on any atom is 0.115 e. The number of rotatable bonds is 2. The molecule has 74 valence electrons. The van der Waals surface area contributed by atoms with Gasteiger partial charge in [0.15, 0.2) is 0 Å². The van der Waals surface area contributed by atoms with E-state index < -0.39 is 0 Å². The Labute approximate surface area is 85.4 Å². The van der Waals surface area contributed by atoms with Crippen LogP contribution in [0, 0.1) is 5.92 Å². The summed E-state index contributed by atoms with van der Waals surface area (Å²) in [5.41, 5.74) is 1.28. The van der Waals surface area contributed by atoms with Crippen molar-refractivity contribution in [2.45, 2.75) is 25.9 Å². The zero-order valence-corrected chi connectivity index (χ0v) is 8.73. The molecule has 1 nitrogen and oxygen atoms in total. The zero-order chi connectivity index (χ0) is 10.0. The van der Waals surface area contributed by atoms with Crippen LogP contribution in [0.5, 0.6) is 0 Å². The van der Waals surface area contributed by atoms with Crippen LogP contribution < -0.4 is 0 Å². The Bertz CT molecular complexity index is 328. The lowest BCUT2D eigenvalue weighted by molar-refractivity contribution is 0.0325. The van der Waals surface area contributed by atoms with Gasteiger partial charge in [-0.15, -0.1) is 0 Å². The molecule has 0 N–H and O–H groups in total. The van der Waals surface area contributed by atoms with Gasteiger partial charge in [-0.3, -0.25) is 0 Å². The summed E-state index contributed by atoms with van der Waals surface area (Å²) in [6, 6.07) is 10.5. The molecule has 0 radical (unpaired) electrons. The predicted octanol–water partition coefficient (Wildman–Crippen LogP) is 3.17. The minimum atomic E-state index is -0.0542. The first-order valence-electron chi connectivity index (χ1n) is 5.09. The van der Waals surface area contributed by atoms with Gasteiger partial charge in [0.25, 0.3) is 0 Å². The van der Waals surface area contributed by atoms with E-state index in [1.807, 2.05) is 12.3 Å². The Kier molecular flexibility index (Phi) is 2.32. The molecule has 0 amide bonds. The van der Waals surface area contributed by atoms with Gasteiger partial charge in [0.1, 0.15) is 5.60 Å². The average molecular weight is 188 g/mol. The van der Waals surface area contributed by atoms with E-state index in [4.69, 9.17) is 4.74 Å². The zero-order valence-electron chi connectivity index (χ0n) is 8.73. The van der Waals surface area contributed by atoms with Gasteiger partial charge in [-0.05, 0) is 18.6 Å². The van der Waals surface area contributed by atoms with Crippen molar-refractivity contribution < 1.29 is 4.74 Å². The second-order valence-electron chi connectivity index (χ2n) is 4.21. The Balaban J connectivity index is 2.12. The molecule has 1 aromatic rings. The molecule has 0 saturated carbocycles.